The van der Waals surface area contributed by atoms with Crippen LogP contribution in [0.3, 0.4) is 0 Å². The van der Waals surface area contributed by atoms with Crippen LogP contribution in [0.1, 0.15) is 23.6 Å². The SMILES string of the molecule is [C-]#[N+]c1ccc(C[C@@H](C(=O)O)[C@@H](C)O)c(C)c1C. The van der Waals surface area contributed by atoms with E-state index >= 15 is 0 Å². The van der Waals surface area contributed by atoms with E-state index in [4.69, 9.17) is 11.7 Å². The fraction of sp³-hybridized carbons (Fsp3) is 0.429. The summed E-state index contributed by atoms with van der Waals surface area (Å²) in [6.45, 7) is 12.2. The molecule has 0 unspecified atom stereocenters. The van der Waals surface area contributed by atoms with Gasteiger partial charge in [0.15, 0.2) is 5.69 Å². The van der Waals surface area contributed by atoms with Crippen molar-refractivity contribution in [3.8, 4) is 0 Å². The van der Waals surface area contributed by atoms with Gasteiger partial charge >= 0.3 is 5.97 Å². The molecule has 1 rings (SSSR count). The van der Waals surface area contributed by atoms with Crippen LogP contribution in [0.5, 0.6) is 0 Å². The first-order chi connectivity index (χ1) is 8.38. The number of aliphatic carboxylic acids is 1. The Morgan fingerprint density at radius 2 is 2.00 bits per heavy atom. The lowest BCUT2D eigenvalue weighted by Gasteiger charge is -2.18. The molecule has 0 radical (unpaired) electrons. The van der Waals surface area contributed by atoms with E-state index in [-0.39, 0.29) is 6.42 Å². The van der Waals surface area contributed by atoms with Crippen molar-refractivity contribution in [2.24, 2.45) is 5.92 Å². The van der Waals surface area contributed by atoms with E-state index < -0.39 is 18.0 Å². The largest absolute Gasteiger partial charge is 0.481 e. The van der Waals surface area contributed by atoms with Gasteiger partial charge in [-0.2, -0.15) is 0 Å². The predicted molar refractivity (Wildman–Crippen MR) is 68.7 cm³/mol. The van der Waals surface area contributed by atoms with Crippen LogP contribution in [0.4, 0.5) is 5.69 Å². The summed E-state index contributed by atoms with van der Waals surface area (Å²) < 4.78 is 0. The summed E-state index contributed by atoms with van der Waals surface area (Å²) in [5, 5.41) is 18.5. The highest BCUT2D eigenvalue weighted by molar-refractivity contribution is 5.71. The van der Waals surface area contributed by atoms with Crippen molar-refractivity contribution >= 4 is 11.7 Å². The third-order valence-electron chi connectivity index (χ3n) is 3.33. The molecular weight excluding hydrogens is 230 g/mol. The van der Waals surface area contributed by atoms with Crippen molar-refractivity contribution in [1.29, 1.82) is 0 Å². The molecule has 1 aromatic rings. The molecule has 0 amide bonds. The smallest absolute Gasteiger partial charge is 0.309 e. The molecule has 0 saturated heterocycles. The van der Waals surface area contributed by atoms with Gasteiger partial charge in [-0.25, -0.2) is 4.85 Å². The number of benzene rings is 1. The zero-order valence-electron chi connectivity index (χ0n) is 10.8. The van der Waals surface area contributed by atoms with E-state index in [0.717, 1.165) is 16.7 Å². The number of rotatable bonds is 4. The maximum atomic E-state index is 11.1. The number of aliphatic hydroxyl groups is 1. The second-order valence-corrected chi connectivity index (χ2v) is 4.50. The van der Waals surface area contributed by atoms with Gasteiger partial charge in [-0.1, -0.05) is 17.7 Å². The lowest BCUT2D eigenvalue weighted by atomic mass is 9.90. The number of aliphatic hydroxyl groups excluding tert-OH is 1. The monoisotopic (exact) mass is 247 g/mol. The van der Waals surface area contributed by atoms with Gasteiger partial charge in [-0.15, -0.1) is 0 Å². The van der Waals surface area contributed by atoms with Crippen molar-refractivity contribution in [1.82, 2.24) is 0 Å². The second kappa shape index (κ2) is 5.65. The molecule has 4 nitrogen and oxygen atoms in total. The number of nitrogens with zero attached hydrogens (tertiary/aromatic N) is 1. The molecule has 4 heteroatoms. The van der Waals surface area contributed by atoms with Crippen LogP contribution >= 0.6 is 0 Å². The lowest BCUT2D eigenvalue weighted by Crippen LogP contribution is -2.28. The molecule has 0 fully saturated rings. The minimum absolute atomic E-state index is 0.276. The minimum Gasteiger partial charge on any atom is -0.481 e. The van der Waals surface area contributed by atoms with Crippen LogP contribution in [0, 0.1) is 26.3 Å². The first-order valence-corrected chi connectivity index (χ1v) is 5.75. The molecule has 0 aliphatic heterocycles. The van der Waals surface area contributed by atoms with Crippen LogP contribution in [-0.2, 0) is 11.2 Å². The summed E-state index contributed by atoms with van der Waals surface area (Å²) in [6.07, 6.45) is -0.624. The fourth-order valence-electron chi connectivity index (χ4n) is 1.91. The quantitative estimate of drug-likeness (QED) is 0.803. The Hall–Kier alpha value is -1.86. The highest BCUT2D eigenvalue weighted by atomic mass is 16.4. The molecule has 18 heavy (non-hydrogen) atoms. The average Bonchev–Trinajstić information content (AvgIpc) is 2.30. The third kappa shape index (κ3) is 2.88. The first-order valence-electron chi connectivity index (χ1n) is 5.75. The molecule has 0 aliphatic rings. The molecule has 2 N–H and O–H groups in total. The summed E-state index contributed by atoms with van der Waals surface area (Å²) in [7, 11) is 0. The first kappa shape index (κ1) is 14.2. The van der Waals surface area contributed by atoms with Gasteiger partial charge in [-0.3, -0.25) is 4.79 Å². The number of carboxylic acids is 1. The van der Waals surface area contributed by atoms with E-state index in [9.17, 15) is 9.90 Å². The molecular formula is C14H17NO3. The summed E-state index contributed by atoms with van der Waals surface area (Å²) in [5.41, 5.74) is 3.25. The highest BCUT2D eigenvalue weighted by Crippen LogP contribution is 2.26. The normalized spacial score (nSPS) is 13.7. The molecule has 1 aromatic carbocycles. The van der Waals surface area contributed by atoms with E-state index in [0.29, 0.717) is 5.69 Å². The maximum Gasteiger partial charge on any atom is 0.309 e. The maximum absolute atomic E-state index is 11.1. The van der Waals surface area contributed by atoms with Crippen molar-refractivity contribution in [2.45, 2.75) is 33.3 Å². The van der Waals surface area contributed by atoms with E-state index in [1.165, 1.54) is 6.92 Å². The third-order valence-corrected chi connectivity index (χ3v) is 3.33. The van der Waals surface area contributed by atoms with Crippen LogP contribution in [0.25, 0.3) is 4.85 Å². The molecule has 0 aliphatic carbocycles. The van der Waals surface area contributed by atoms with Crippen LogP contribution in [0.15, 0.2) is 12.1 Å². The summed E-state index contributed by atoms with van der Waals surface area (Å²) in [4.78, 5) is 14.5. The van der Waals surface area contributed by atoms with Crippen LogP contribution in [-0.4, -0.2) is 22.3 Å². The van der Waals surface area contributed by atoms with Gasteiger partial charge in [0.25, 0.3) is 0 Å². The molecule has 0 heterocycles. The number of hydrogen-bond acceptors (Lipinski definition) is 2. The van der Waals surface area contributed by atoms with E-state index in [2.05, 4.69) is 4.85 Å². The Balaban J connectivity index is 3.09. The summed E-state index contributed by atoms with van der Waals surface area (Å²) >= 11 is 0. The molecule has 2 atom stereocenters. The van der Waals surface area contributed by atoms with Crippen molar-refractivity contribution in [2.75, 3.05) is 0 Å². The standard InChI is InChI=1S/C14H17NO3/c1-8-9(2)13(15-4)6-5-11(8)7-12(10(3)16)14(17)18/h5-6,10,12,16H,7H2,1-3H3,(H,17,18)/t10-,12-/m1/s1. The van der Waals surface area contributed by atoms with Gasteiger partial charge in [0.2, 0.25) is 0 Å². The summed E-state index contributed by atoms with van der Waals surface area (Å²) in [6, 6.07) is 3.47. The van der Waals surface area contributed by atoms with Gasteiger partial charge in [0.05, 0.1) is 18.6 Å². The summed E-state index contributed by atoms with van der Waals surface area (Å²) in [5.74, 6) is -1.82. The van der Waals surface area contributed by atoms with E-state index in [1.54, 1.807) is 12.1 Å². The molecule has 0 spiro atoms. The molecule has 0 bridgehead atoms. The van der Waals surface area contributed by atoms with Crippen molar-refractivity contribution in [3.63, 3.8) is 0 Å². The second-order valence-electron chi connectivity index (χ2n) is 4.50. The Labute approximate surface area is 107 Å². The van der Waals surface area contributed by atoms with Gasteiger partial charge < -0.3 is 10.2 Å². The number of carbonyl (C=O) groups is 1. The Kier molecular flexibility index (Phi) is 4.46. The van der Waals surface area contributed by atoms with Crippen molar-refractivity contribution < 1.29 is 15.0 Å². The van der Waals surface area contributed by atoms with Gasteiger partial charge in [-0.05, 0) is 38.3 Å². The zero-order valence-corrected chi connectivity index (χ0v) is 10.8. The molecule has 96 valence electrons. The topological polar surface area (TPSA) is 61.9 Å². The number of carboxylic acid groups (broad SMARTS) is 1. The molecule has 0 aromatic heterocycles. The Morgan fingerprint density at radius 1 is 1.39 bits per heavy atom. The predicted octanol–water partition coefficient (Wildman–Crippen LogP) is 2.48. The van der Waals surface area contributed by atoms with Crippen molar-refractivity contribution in [3.05, 3.63) is 40.2 Å². The van der Waals surface area contributed by atoms with E-state index in [1.807, 2.05) is 13.8 Å². The average molecular weight is 247 g/mol. The fourth-order valence-corrected chi connectivity index (χ4v) is 1.91. The Bertz CT molecular complexity index is 500. The molecule has 0 saturated carbocycles. The Morgan fingerprint density at radius 3 is 2.44 bits per heavy atom. The van der Waals surface area contributed by atoms with Crippen LogP contribution < -0.4 is 0 Å². The van der Waals surface area contributed by atoms with Gasteiger partial charge in [0, 0.05) is 0 Å². The minimum atomic E-state index is -1.00. The van der Waals surface area contributed by atoms with Gasteiger partial charge in [0.1, 0.15) is 0 Å². The van der Waals surface area contributed by atoms with Crippen LogP contribution in [0.2, 0.25) is 0 Å². The zero-order chi connectivity index (χ0) is 13.9. The lowest BCUT2D eigenvalue weighted by molar-refractivity contribution is -0.145. The highest BCUT2D eigenvalue weighted by Gasteiger charge is 2.24. The number of hydrogen-bond donors (Lipinski definition) is 2.